The molecule has 0 bridgehead atoms. The number of ether oxygens (including phenoxy) is 1. The Kier molecular flexibility index (Phi) is 6.46. The fourth-order valence-corrected chi connectivity index (χ4v) is 5.28. The highest BCUT2D eigenvalue weighted by Gasteiger charge is 2.32. The van der Waals surface area contributed by atoms with Crippen LogP contribution in [-0.2, 0) is 12.7 Å². The van der Waals surface area contributed by atoms with Gasteiger partial charge in [0.2, 0.25) is 0 Å². The van der Waals surface area contributed by atoms with E-state index in [0.29, 0.717) is 27.9 Å². The molecule has 0 radical (unpaired) electrons. The fourth-order valence-electron chi connectivity index (χ4n) is 4.19. The lowest BCUT2D eigenvalue weighted by Crippen LogP contribution is -2.27. The number of aromatic nitrogens is 3. The minimum atomic E-state index is -4.68. The summed E-state index contributed by atoms with van der Waals surface area (Å²) in [5, 5.41) is 21.4. The first-order valence-corrected chi connectivity index (χ1v) is 12.3. The van der Waals surface area contributed by atoms with Gasteiger partial charge in [0.15, 0.2) is 5.75 Å². The van der Waals surface area contributed by atoms with Gasteiger partial charge in [-0.2, -0.15) is 18.4 Å². The summed E-state index contributed by atoms with van der Waals surface area (Å²) in [5.41, 5.74) is -0.433. The molecule has 0 spiro atoms. The Balaban J connectivity index is 1.48. The van der Waals surface area contributed by atoms with Crippen molar-refractivity contribution in [3.63, 3.8) is 0 Å². The van der Waals surface area contributed by atoms with Crippen LogP contribution in [0.2, 0.25) is 5.02 Å². The molecule has 0 saturated heterocycles. The van der Waals surface area contributed by atoms with E-state index in [1.807, 2.05) is 0 Å². The number of pyridine rings is 1. The van der Waals surface area contributed by atoms with E-state index in [0.717, 1.165) is 16.3 Å². The van der Waals surface area contributed by atoms with Crippen LogP contribution in [0.15, 0.2) is 52.8 Å². The third-order valence-electron chi connectivity index (χ3n) is 5.94. The Morgan fingerprint density at radius 3 is 2.74 bits per heavy atom. The predicted octanol–water partition coefficient (Wildman–Crippen LogP) is 6.31. The second-order valence-electron chi connectivity index (χ2n) is 8.29. The molecule has 0 amide bonds. The number of rotatable bonds is 5. The molecule has 5 aromatic rings. The zero-order chi connectivity index (χ0) is 27.2. The monoisotopic (exact) mass is 556 g/mol. The minimum Gasteiger partial charge on any atom is -0.505 e. The molecule has 0 aliphatic carbocycles. The first-order chi connectivity index (χ1) is 18.1. The van der Waals surface area contributed by atoms with E-state index in [4.69, 9.17) is 16.3 Å². The van der Waals surface area contributed by atoms with Crippen LogP contribution in [0, 0.1) is 18.3 Å². The van der Waals surface area contributed by atoms with Crippen molar-refractivity contribution in [2.75, 3.05) is 6.61 Å². The maximum atomic E-state index is 13.2. The minimum absolute atomic E-state index is 0.00893. The quantitative estimate of drug-likeness (QED) is 0.272. The van der Waals surface area contributed by atoms with Gasteiger partial charge in [0.1, 0.15) is 29.8 Å². The largest absolute Gasteiger partial charge is 0.505 e. The van der Waals surface area contributed by atoms with Crippen molar-refractivity contribution in [2.45, 2.75) is 19.6 Å². The molecule has 2 aromatic carbocycles. The number of halogens is 4. The van der Waals surface area contributed by atoms with Gasteiger partial charge in [0.05, 0.1) is 33.3 Å². The van der Waals surface area contributed by atoms with Gasteiger partial charge in [-0.3, -0.25) is 14.3 Å². The third kappa shape index (κ3) is 4.53. The normalized spacial score (nSPS) is 11.7. The molecule has 5 rings (SSSR count). The molecule has 0 saturated carbocycles. The Morgan fingerprint density at radius 1 is 1.21 bits per heavy atom. The number of thiophene rings is 1. The predicted molar refractivity (Wildman–Crippen MR) is 138 cm³/mol. The number of benzene rings is 2. The Bertz CT molecular complexity index is 1830. The van der Waals surface area contributed by atoms with Crippen molar-refractivity contribution in [1.82, 2.24) is 14.5 Å². The molecule has 0 aliphatic rings. The number of aryl methyl sites for hydroxylation is 1. The van der Waals surface area contributed by atoms with Crippen molar-refractivity contribution in [3.05, 3.63) is 80.3 Å². The second kappa shape index (κ2) is 9.63. The van der Waals surface area contributed by atoms with Crippen LogP contribution in [0.4, 0.5) is 13.2 Å². The first kappa shape index (κ1) is 25.5. The van der Waals surface area contributed by atoms with Crippen LogP contribution in [0.5, 0.6) is 11.5 Å². The Labute approximate surface area is 222 Å². The molecule has 0 fully saturated rings. The van der Waals surface area contributed by atoms with Gasteiger partial charge >= 0.3 is 6.18 Å². The number of nitriles is 1. The lowest BCUT2D eigenvalue weighted by molar-refractivity contribution is -0.137. The SMILES string of the molecule is Cc1nc2cc(C(F)(F)F)cc(C#N)c2c(=O)n1CCOc1ccc(Cl)cc1-c1ccnc2c(O)csc12. The number of aromatic hydroxyl groups is 1. The smallest absolute Gasteiger partial charge is 0.416 e. The van der Waals surface area contributed by atoms with Crippen LogP contribution in [-0.4, -0.2) is 26.2 Å². The van der Waals surface area contributed by atoms with Gasteiger partial charge in [0.25, 0.3) is 5.56 Å². The van der Waals surface area contributed by atoms with E-state index in [-0.39, 0.29) is 35.6 Å². The summed E-state index contributed by atoms with van der Waals surface area (Å²) in [6.45, 7) is 1.53. The molecule has 3 heterocycles. The zero-order valence-electron chi connectivity index (χ0n) is 19.5. The molecule has 192 valence electrons. The average Bonchev–Trinajstić information content (AvgIpc) is 3.26. The summed E-state index contributed by atoms with van der Waals surface area (Å²) in [7, 11) is 0. The van der Waals surface area contributed by atoms with Crippen molar-refractivity contribution in [1.29, 1.82) is 5.26 Å². The van der Waals surface area contributed by atoms with Gasteiger partial charge in [0, 0.05) is 27.7 Å². The van der Waals surface area contributed by atoms with Crippen LogP contribution in [0.1, 0.15) is 17.0 Å². The van der Waals surface area contributed by atoms with Gasteiger partial charge in [-0.05, 0) is 43.3 Å². The van der Waals surface area contributed by atoms with Crippen LogP contribution in [0.25, 0.3) is 32.2 Å². The van der Waals surface area contributed by atoms with E-state index < -0.39 is 22.9 Å². The standard InChI is InChI=1S/C26H16ClF3N4O3S/c1-13-33-19-9-15(26(28,29)30)8-14(11-31)22(19)25(36)34(13)6-7-37-21-3-2-16(27)10-18(21)17-4-5-32-23-20(35)12-38-24(17)23/h2-5,8-10,12,35H,6-7H2,1H3. The Morgan fingerprint density at radius 2 is 2.00 bits per heavy atom. The number of hydrogen-bond donors (Lipinski definition) is 1. The molecule has 0 atom stereocenters. The molecule has 7 nitrogen and oxygen atoms in total. The van der Waals surface area contributed by atoms with Crippen LogP contribution >= 0.6 is 22.9 Å². The van der Waals surface area contributed by atoms with E-state index in [9.17, 15) is 28.3 Å². The molecule has 38 heavy (non-hydrogen) atoms. The third-order valence-corrected chi connectivity index (χ3v) is 7.16. The number of nitrogens with zero attached hydrogens (tertiary/aromatic N) is 4. The summed E-state index contributed by atoms with van der Waals surface area (Å²) < 4.78 is 47.8. The topological polar surface area (TPSA) is 101 Å². The number of fused-ring (bicyclic) bond motifs is 2. The van der Waals surface area contributed by atoms with Crippen molar-refractivity contribution < 1.29 is 23.0 Å². The summed E-state index contributed by atoms with van der Waals surface area (Å²) >= 11 is 7.57. The van der Waals surface area contributed by atoms with E-state index in [1.54, 1.807) is 41.9 Å². The molecule has 1 N–H and O–H groups in total. The average molecular weight is 557 g/mol. The lowest BCUT2D eigenvalue weighted by Gasteiger charge is -2.16. The van der Waals surface area contributed by atoms with E-state index in [1.165, 1.54) is 22.8 Å². The van der Waals surface area contributed by atoms with Crippen LogP contribution in [0.3, 0.4) is 0 Å². The Hall–Kier alpha value is -4.14. The van der Waals surface area contributed by atoms with Gasteiger partial charge in [-0.15, -0.1) is 11.3 Å². The molecular formula is C26H16ClF3N4O3S. The number of alkyl halides is 3. The summed E-state index contributed by atoms with van der Waals surface area (Å²) in [6.07, 6.45) is -3.12. The molecule has 0 aliphatic heterocycles. The summed E-state index contributed by atoms with van der Waals surface area (Å²) in [4.78, 5) is 21.6. The maximum absolute atomic E-state index is 13.2. The van der Waals surface area contributed by atoms with Crippen molar-refractivity contribution >= 4 is 44.1 Å². The van der Waals surface area contributed by atoms with Crippen molar-refractivity contribution in [3.8, 4) is 28.7 Å². The second-order valence-corrected chi connectivity index (χ2v) is 9.61. The molecule has 3 aromatic heterocycles. The highest BCUT2D eigenvalue weighted by atomic mass is 35.5. The van der Waals surface area contributed by atoms with Crippen LogP contribution < -0.4 is 10.3 Å². The number of hydrogen-bond acceptors (Lipinski definition) is 7. The van der Waals surface area contributed by atoms with E-state index in [2.05, 4.69) is 9.97 Å². The zero-order valence-corrected chi connectivity index (χ0v) is 21.1. The van der Waals surface area contributed by atoms with Crippen molar-refractivity contribution in [2.24, 2.45) is 0 Å². The fraction of sp³-hybridized carbons (Fsp3) is 0.154. The lowest BCUT2D eigenvalue weighted by atomic mass is 10.1. The highest BCUT2D eigenvalue weighted by Crippen LogP contribution is 2.41. The van der Waals surface area contributed by atoms with Gasteiger partial charge < -0.3 is 9.84 Å². The van der Waals surface area contributed by atoms with E-state index >= 15 is 0 Å². The summed E-state index contributed by atoms with van der Waals surface area (Å²) in [5.74, 6) is 0.700. The highest BCUT2D eigenvalue weighted by molar-refractivity contribution is 7.18. The molecule has 12 heteroatoms. The molecule has 0 unspecified atom stereocenters. The van der Waals surface area contributed by atoms with Gasteiger partial charge in [-0.1, -0.05) is 11.6 Å². The van der Waals surface area contributed by atoms with Gasteiger partial charge in [-0.25, -0.2) is 4.98 Å². The molecular weight excluding hydrogens is 541 g/mol. The first-order valence-electron chi connectivity index (χ1n) is 11.1. The summed E-state index contributed by atoms with van der Waals surface area (Å²) in [6, 6.07) is 9.92. The maximum Gasteiger partial charge on any atom is 0.416 e.